The second-order valence-electron chi connectivity index (χ2n) is 5.80. The largest absolute Gasteiger partial charge is 0.289 e. The van der Waals surface area contributed by atoms with Crippen LogP contribution in [0.2, 0.25) is 5.02 Å². The average Bonchev–Trinajstić information content (AvgIpc) is 3.14. The van der Waals surface area contributed by atoms with Crippen LogP contribution in [0.3, 0.4) is 0 Å². The van der Waals surface area contributed by atoms with Gasteiger partial charge < -0.3 is 0 Å². The Labute approximate surface area is 171 Å². The van der Waals surface area contributed by atoms with Crippen LogP contribution in [0.4, 0.5) is 11.4 Å². The number of thiazole rings is 1. The van der Waals surface area contributed by atoms with E-state index in [-0.39, 0.29) is 16.5 Å². The maximum atomic E-state index is 13.3. The van der Waals surface area contributed by atoms with E-state index >= 15 is 0 Å². The molecule has 0 atom stereocenters. The molecule has 0 amide bonds. The number of aromatic nitrogens is 1. The fraction of sp³-hybridized carbons (Fsp3) is 0.167. The van der Waals surface area contributed by atoms with E-state index in [9.17, 15) is 18.5 Å². The van der Waals surface area contributed by atoms with Crippen molar-refractivity contribution in [1.82, 2.24) is 4.98 Å². The van der Waals surface area contributed by atoms with Crippen molar-refractivity contribution < 1.29 is 13.3 Å². The summed E-state index contributed by atoms with van der Waals surface area (Å²) in [4.78, 5) is 14.7. The van der Waals surface area contributed by atoms with Gasteiger partial charge in [0.25, 0.3) is 15.7 Å². The Bertz CT molecular complexity index is 1100. The maximum absolute atomic E-state index is 13.3. The van der Waals surface area contributed by atoms with Gasteiger partial charge in [0.2, 0.25) is 0 Å². The lowest BCUT2D eigenvalue weighted by atomic mass is 10.3. The number of anilines is 1. The summed E-state index contributed by atoms with van der Waals surface area (Å²) in [6.07, 6.45) is 0.756. The fourth-order valence-electron chi connectivity index (χ4n) is 2.56. The summed E-state index contributed by atoms with van der Waals surface area (Å²) < 4.78 is 27.9. The Kier molecular flexibility index (Phi) is 5.97. The third-order valence-electron chi connectivity index (χ3n) is 3.95. The van der Waals surface area contributed by atoms with E-state index in [2.05, 4.69) is 4.98 Å². The lowest BCUT2D eigenvalue weighted by molar-refractivity contribution is -0.384. The van der Waals surface area contributed by atoms with Gasteiger partial charge in [-0.2, -0.15) is 0 Å². The molecule has 0 spiro atoms. The summed E-state index contributed by atoms with van der Waals surface area (Å²) in [7, 11) is -4.09. The van der Waals surface area contributed by atoms with Crippen molar-refractivity contribution in [3.63, 3.8) is 0 Å². The van der Waals surface area contributed by atoms with Crippen LogP contribution in [0.5, 0.6) is 0 Å². The number of hydrogen-bond donors (Lipinski definition) is 0. The van der Waals surface area contributed by atoms with E-state index in [1.54, 1.807) is 30.3 Å². The van der Waals surface area contributed by atoms with Crippen molar-refractivity contribution in [2.75, 3.05) is 4.31 Å². The van der Waals surface area contributed by atoms with E-state index in [0.717, 1.165) is 17.5 Å². The Morgan fingerprint density at radius 3 is 2.54 bits per heavy atom. The van der Waals surface area contributed by atoms with E-state index < -0.39 is 20.6 Å². The quantitative estimate of drug-likeness (QED) is 0.395. The van der Waals surface area contributed by atoms with Crippen molar-refractivity contribution in [3.05, 3.63) is 79.7 Å². The summed E-state index contributed by atoms with van der Waals surface area (Å²) in [6.45, 7) is 1.99. The molecule has 1 heterocycles. The Morgan fingerprint density at radius 1 is 1.21 bits per heavy atom. The Morgan fingerprint density at radius 2 is 1.93 bits per heavy atom. The van der Waals surface area contributed by atoms with Crippen molar-refractivity contribution in [2.45, 2.75) is 24.8 Å². The Hall–Kier alpha value is -2.49. The number of aryl methyl sites for hydroxylation is 1. The van der Waals surface area contributed by atoms with E-state index in [1.807, 2.05) is 12.3 Å². The molecule has 146 valence electrons. The highest BCUT2D eigenvalue weighted by atomic mass is 35.5. The number of para-hydroxylation sites is 1. The van der Waals surface area contributed by atoms with Crippen LogP contribution in [0.1, 0.15) is 17.6 Å². The third kappa shape index (κ3) is 4.16. The zero-order valence-electron chi connectivity index (χ0n) is 14.8. The number of nitro groups is 1. The molecular formula is C18H16ClN3O4S2. The summed E-state index contributed by atoms with van der Waals surface area (Å²) in [5, 5.41) is 13.8. The van der Waals surface area contributed by atoms with Gasteiger partial charge in [-0.3, -0.25) is 14.4 Å². The molecule has 0 saturated heterocycles. The molecule has 7 nitrogen and oxygen atoms in total. The minimum absolute atomic E-state index is 0.0132. The zero-order valence-corrected chi connectivity index (χ0v) is 17.2. The minimum Gasteiger partial charge on any atom is -0.260 e. The monoisotopic (exact) mass is 437 g/mol. The van der Waals surface area contributed by atoms with Gasteiger partial charge in [-0.25, -0.2) is 13.4 Å². The molecule has 0 aliphatic rings. The van der Waals surface area contributed by atoms with Crippen LogP contribution in [-0.2, 0) is 23.0 Å². The fourth-order valence-corrected chi connectivity index (χ4v) is 4.94. The van der Waals surface area contributed by atoms with Crippen LogP contribution in [-0.4, -0.2) is 18.3 Å². The predicted octanol–water partition coefficient (Wildman–Crippen LogP) is 4.66. The molecule has 0 fully saturated rings. The molecule has 3 rings (SSSR count). The number of benzene rings is 2. The van der Waals surface area contributed by atoms with Gasteiger partial charge >= 0.3 is 0 Å². The van der Waals surface area contributed by atoms with Crippen LogP contribution < -0.4 is 4.31 Å². The highest BCUT2D eigenvalue weighted by Crippen LogP contribution is 2.31. The molecule has 0 bridgehead atoms. The predicted molar refractivity (Wildman–Crippen MR) is 109 cm³/mol. The molecule has 0 saturated carbocycles. The van der Waals surface area contributed by atoms with Gasteiger partial charge in [0.1, 0.15) is 5.02 Å². The molecule has 28 heavy (non-hydrogen) atoms. The van der Waals surface area contributed by atoms with Crippen molar-refractivity contribution >= 4 is 44.3 Å². The standard InChI is InChI=1S/C18H16ClN3O4S2/c1-2-18-20-13(12-27-18)11-21(14-6-4-3-5-7-14)28(25,26)15-8-9-16(19)17(10-15)22(23)24/h3-10,12H,2,11H2,1H3. The SMILES string of the molecule is CCc1nc(CN(c2ccccc2)S(=O)(=O)c2ccc(Cl)c([N+](=O)[O-])c2)cs1. The van der Waals surface area contributed by atoms with Gasteiger partial charge in [-0.15, -0.1) is 11.3 Å². The number of nitro benzene ring substituents is 1. The lowest BCUT2D eigenvalue weighted by Gasteiger charge is -2.23. The number of halogens is 1. The zero-order chi connectivity index (χ0) is 20.3. The highest BCUT2D eigenvalue weighted by Gasteiger charge is 2.28. The average molecular weight is 438 g/mol. The molecule has 10 heteroatoms. The highest BCUT2D eigenvalue weighted by molar-refractivity contribution is 7.92. The van der Waals surface area contributed by atoms with Gasteiger partial charge in [0.15, 0.2) is 0 Å². The normalized spacial score (nSPS) is 11.4. The molecule has 0 N–H and O–H groups in total. The molecule has 0 unspecified atom stereocenters. The first-order chi connectivity index (χ1) is 13.3. The second kappa shape index (κ2) is 8.26. The topological polar surface area (TPSA) is 93.4 Å². The van der Waals surface area contributed by atoms with Gasteiger partial charge in [-0.05, 0) is 30.7 Å². The van der Waals surface area contributed by atoms with Gasteiger partial charge in [-0.1, -0.05) is 36.7 Å². The number of rotatable bonds is 7. The van der Waals surface area contributed by atoms with Crippen LogP contribution in [0.15, 0.2) is 58.8 Å². The molecule has 0 aliphatic carbocycles. The second-order valence-corrected chi connectivity index (χ2v) is 9.02. The first kappa shape index (κ1) is 20.2. The lowest BCUT2D eigenvalue weighted by Crippen LogP contribution is -2.30. The minimum atomic E-state index is -4.09. The van der Waals surface area contributed by atoms with Crippen LogP contribution in [0, 0.1) is 10.1 Å². The maximum Gasteiger partial charge on any atom is 0.289 e. The molecule has 0 radical (unpaired) electrons. The van der Waals surface area contributed by atoms with E-state index in [1.165, 1.54) is 27.8 Å². The third-order valence-corrected chi connectivity index (χ3v) is 7.09. The summed E-state index contributed by atoms with van der Waals surface area (Å²) in [5.41, 5.74) is 0.585. The molecule has 0 aliphatic heterocycles. The summed E-state index contributed by atoms with van der Waals surface area (Å²) >= 11 is 7.29. The van der Waals surface area contributed by atoms with Crippen molar-refractivity contribution in [1.29, 1.82) is 0 Å². The number of sulfonamides is 1. The van der Waals surface area contributed by atoms with E-state index in [0.29, 0.717) is 11.4 Å². The molecular weight excluding hydrogens is 422 g/mol. The van der Waals surface area contributed by atoms with Gasteiger partial charge in [0, 0.05) is 11.4 Å². The summed E-state index contributed by atoms with van der Waals surface area (Å²) in [6, 6.07) is 12.0. The number of hydrogen-bond acceptors (Lipinski definition) is 6. The summed E-state index contributed by atoms with van der Waals surface area (Å²) in [5.74, 6) is 0. The van der Waals surface area contributed by atoms with Crippen LogP contribution in [0.25, 0.3) is 0 Å². The number of nitrogens with zero attached hydrogens (tertiary/aromatic N) is 3. The first-order valence-corrected chi connectivity index (χ1v) is 11.0. The van der Waals surface area contributed by atoms with Crippen LogP contribution >= 0.6 is 22.9 Å². The van der Waals surface area contributed by atoms with Gasteiger partial charge in [0.05, 0.1) is 32.8 Å². The smallest absolute Gasteiger partial charge is 0.260 e. The first-order valence-electron chi connectivity index (χ1n) is 8.28. The molecule has 1 aromatic heterocycles. The molecule has 3 aromatic rings. The van der Waals surface area contributed by atoms with Crippen molar-refractivity contribution in [3.8, 4) is 0 Å². The Balaban J connectivity index is 2.08. The molecule has 2 aromatic carbocycles. The van der Waals surface area contributed by atoms with E-state index in [4.69, 9.17) is 11.6 Å². The van der Waals surface area contributed by atoms with Crippen molar-refractivity contribution in [2.24, 2.45) is 0 Å².